The molecule has 0 N–H and O–H groups in total. The molecule has 0 atom stereocenters. The van der Waals surface area contributed by atoms with Crippen molar-refractivity contribution in [3.63, 3.8) is 0 Å². The average Bonchev–Trinajstić information content (AvgIpc) is 3.11. The van der Waals surface area contributed by atoms with Crippen molar-refractivity contribution in [2.45, 2.75) is 42.9 Å². The van der Waals surface area contributed by atoms with E-state index < -0.39 is 0 Å². The average molecular weight is 326 g/mol. The first-order valence-corrected chi connectivity index (χ1v) is 9.62. The summed E-state index contributed by atoms with van der Waals surface area (Å²) in [7, 11) is 0. The van der Waals surface area contributed by atoms with Gasteiger partial charge >= 0.3 is 0 Å². The number of hydrogen-bond donors (Lipinski definition) is 0. The Morgan fingerprint density at radius 1 is 1.00 bits per heavy atom. The Bertz CT molecular complexity index is 465. The molecule has 2 aliphatic heterocycles. The molecule has 0 aliphatic carbocycles. The Morgan fingerprint density at radius 2 is 1.67 bits per heavy atom. The molecule has 0 spiro atoms. The van der Waals surface area contributed by atoms with Crippen molar-refractivity contribution in [2.75, 3.05) is 36.8 Å². The van der Waals surface area contributed by atoms with Crippen molar-refractivity contribution in [1.29, 1.82) is 0 Å². The molecule has 2 aliphatic rings. The van der Waals surface area contributed by atoms with Crippen LogP contribution < -0.4 is 4.90 Å². The van der Waals surface area contributed by atoms with E-state index in [4.69, 9.17) is 0 Å². The van der Waals surface area contributed by atoms with Crippen molar-refractivity contribution in [2.24, 2.45) is 0 Å². The van der Waals surface area contributed by atoms with Crippen LogP contribution in [0.1, 0.15) is 38.5 Å². The zero-order valence-corrected chi connectivity index (χ0v) is 13.9. The van der Waals surface area contributed by atoms with E-state index >= 15 is 0 Å². The van der Waals surface area contributed by atoms with E-state index in [9.17, 15) is 4.79 Å². The lowest BCUT2D eigenvalue weighted by molar-refractivity contribution is -0.128. The monoisotopic (exact) mass is 326 g/mol. The zero-order chi connectivity index (χ0) is 14.5. The second-order valence-corrected chi connectivity index (χ2v) is 7.81. The van der Waals surface area contributed by atoms with E-state index in [2.05, 4.69) is 15.1 Å². The van der Waals surface area contributed by atoms with Gasteiger partial charge in [-0.1, -0.05) is 35.9 Å². The van der Waals surface area contributed by atoms with Crippen LogP contribution in [0.4, 0.5) is 5.13 Å². The highest BCUT2D eigenvalue weighted by Gasteiger charge is 2.19. The van der Waals surface area contributed by atoms with Gasteiger partial charge in [0.15, 0.2) is 4.34 Å². The van der Waals surface area contributed by atoms with Crippen molar-refractivity contribution in [1.82, 2.24) is 15.1 Å². The standard InChI is InChI=1S/C14H22N4OS2/c19-12(17-7-3-1-2-4-8-17)11-20-14-16-15-13(21-14)18-9-5-6-10-18/h1-11H2. The molecule has 5 nitrogen and oxygen atoms in total. The maximum Gasteiger partial charge on any atom is 0.233 e. The highest BCUT2D eigenvalue weighted by Crippen LogP contribution is 2.30. The number of amides is 1. The number of carbonyl (C=O) groups excluding carboxylic acids is 1. The Labute approximate surface area is 134 Å². The van der Waals surface area contributed by atoms with Crippen LogP contribution in [-0.4, -0.2) is 52.9 Å². The van der Waals surface area contributed by atoms with E-state index in [0.29, 0.717) is 5.75 Å². The SMILES string of the molecule is O=C(CSc1nnc(N2CCCC2)s1)N1CCCCCC1. The second-order valence-electron chi connectivity index (χ2n) is 5.63. The van der Waals surface area contributed by atoms with Gasteiger partial charge in [0.2, 0.25) is 11.0 Å². The van der Waals surface area contributed by atoms with Crippen LogP contribution >= 0.6 is 23.1 Å². The van der Waals surface area contributed by atoms with Crippen LogP contribution in [0.15, 0.2) is 4.34 Å². The van der Waals surface area contributed by atoms with Gasteiger partial charge in [-0.2, -0.15) is 0 Å². The van der Waals surface area contributed by atoms with Crippen molar-refractivity contribution >= 4 is 34.1 Å². The van der Waals surface area contributed by atoms with Gasteiger partial charge in [0, 0.05) is 26.2 Å². The van der Waals surface area contributed by atoms with Crippen LogP contribution in [0.25, 0.3) is 0 Å². The molecule has 1 amide bonds. The fraction of sp³-hybridized carbons (Fsp3) is 0.786. The summed E-state index contributed by atoms with van der Waals surface area (Å²) in [6.07, 6.45) is 7.30. The summed E-state index contributed by atoms with van der Waals surface area (Å²) in [5.74, 6) is 0.745. The minimum Gasteiger partial charge on any atom is -0.347 e. The molecule has 0 unspecified atom stereocenters. The molecule has 21 heavy (non-hydrogen) atoms. The van der Waals surface area contributed by atoms with E-state index in [1.54, 1.807) is 11.3 Å². The summed E-state index contributed by atoms with van der Waals surface area (Å²) in [6.45, 7) is 4.03. The maximum absolute atomic E-state index is 12.2. The van der Waals surface area contributed by atoms with Crippen molar-refractivity contribution in [3.8, 4) is 0 Å². The quantitative estimate of drug-likeness (QED) is 0.796. The Balaban J connectivity index is 1.48. The lowest BCUT2D eigenvalue weighted by atomic mass is 10.2. The number of aromatic nitrogens is 2. The molecule has 116 valence electrons. The van der Waals surface area contributed by atoms with Crippen molar-refractivity contribution in [3.05, 3.63) is 0 Å². The number of rotatable bonds is 4. The third-order valence-corrected chi connectivity index (χ3v) is 6.15. The summed E-state index contributed by atoms with van der Waals surface area (Å²) < 4.78 is 0.917. The van der Waals surface area contributed by atoms with Gasteiger partial charge in [0.1, 0.15) is 0 Å². The molecule has 0 aromatic carbocycles. The van der Waals surface area contributed by atoms with Crippen molar-refractivity contribution < 1.29 is 4.79 Å². The van der Waals surface area contributed by atoms with Gasteiger partial charge < -0.3 is 9.80 Å². The largest absolute Gasteiger partial charge is 0.347 e. The minimum atomic E-state index is 0.250. The molecule has 1 aromatic rings. The number of nitrogens with zero attached hydrogens (tertiary/aromatic N) is 4. The molecule has 7 heteroatoms. The zero-order valence-electron chi connectivity index (χ0n) is 12.3. The summed E-state index contributed by atoms with van der Waals surface area (Å²) in [5.41, 5.74) is 0. The summed E-state index contributed by atoms with van der Waals surface area (Å²) in [6, 6.07) is 0. The van der Waals surface area contributed by atoms with Crippen LogP contribution in [0, 0.1) is 0 Å². The highest BCUT2D eigenvalue weighted by atomic mass is 32.2. The van der Waals surface area contributed by atoms with Crippen LogP contribution in [-0.2, 0) is 4.79 Å². The number of carbonyl (C=O) groups is 1. The van der Waals surface area contributed by atoms with Crippen LogP contribution in [0.3, 0.4) is 0 Å². The normalized spacial score (nSPS) is 19.8. The van der Waals surface area contributed by atoms with Gasteiger partial charge in [-0.3, -0.25) is 4.79 Å². The summed E-state index contributed by atoms with van der Waals surface area (Å²) >= 11 is 3.15. The van der Waals surface area contributed by atoms with Gasteiger partial charge in [-0.25, -0.2) is 0 Å². The lowest BCUT2D eigenvalue weighted by Gasteiger charge is -2.19. The first kappa shape index (κ1) is 15.1. The van der Waals surface area contributed by atoms with Crippen LogP contribution in [0.5, 0.6) is 0 Å². The summed E-state index contributed by atoms with van der Waals surface area (Å²) in [5, 5.41) is 9.48. The predicted octanol–water partition coefficient (Wildman–Crippen LogP) is 2.63. The number of thioether (sulfide) groups is 1. The molecule has 0 radical (unpaired) electrons. The third kappa shape index (κ3) is 4.10. The van der Waals surface area contributed by atoms with Gasteiger partial charge in [0.25, 0.3) is 0 Å². The molecule has 3 heterocycles. The fourth-order valence-corrected chi connectivity index (χ4v) is 4.63. The predicted molar refractivity (Wildman–Crippen MR) is 87.1 cm³/mol. The smallest absolute Gasteiger partial charge is 0.233 e. The van der Waals surface area contributed by atoms with E-state index in [-0.39, 0.29) is 5.91 Å². The van der Waals surface area contributed by atoms with Gasteiger partial charge in [-0.15, -0.1) is 10.2 Å². The molecule has 2 saturated heterocycles. The van der Waals surface area contributed by atoms with E-state index in [0.717, 1.165) is 48.5 Å². The molecule has 0 bridgehead atoms. The first-order valence-electron chi connectivity index (χ1n) is 7.82. The second kappa shape index (κ2) is 7.45. The molecule has 2 fully saturated rings. The van der Waals surface area contributed by atoms with Gasteiger partial charge in [-0.05, 0) is 25.7 Å². The summed E-state index contributed by atoms with van der Waals surface area (Å²) in [4.78, 5) is 16.5. The number of anilines is 1. The van der Waals surface area contributed by atoms with Gasteiger partial charge in [0.05, 0.1) is 5.75 Å². The highest BCUT2D eigenvalue weighted by molar-refractivity contribution is 8.01. The molecular formula is C14H22N4OS2. The van der Waals surface area contributed by atoms with E-state index in [1.807, 2.05) is 4.90 Å². The molecular weight excluding hydrogens is 304 g/mol. The molecule has 3 rings (SSSR count). The van der Waals surface area contributed by atoms with Crippen LogP contribution in [0.2, 0.25) is 0 Å². The molecule has 0 saturated carbocycles. The Morgan fingerprint density at radius 3 is 2.38 bits per heavy atom. The topological polar surface area (TPSA) is 49.3 Å². The molecule has 1 aromatic heterocycles. The Hall–Kier alpha value is -0.820. The number of hydrogen-bond acceptors (Lipinski definition) is 6. The lowest BCUT2D eigenvalue weighted by Crippen LogP contribution is -2.33. The fourth-order valence-electron chi connectivity index (χ4n) is 2.83. The minimum absolute atomic E-state index is 0.250. The Kier molecular flexibility index (Phi) is 5.35. The van der Waals surface area contributed by atoms with E-state index in [1.165, 1.54) is 37.4 Å². The maximum atomic E-state index is 12.2. The third-order valence-electron chi connectivity index (χ3n) is 4.05. The first-order chi connectivity index (χ1) is 10.3. The number of likely N-dealkylation sites (tertiary alicyclic amines) is 1.